The number of hydrogen-bond acceptors (Lipinski definition) is 3. The van der Waals surface area contributed by atoms with Gasteiger partial charge < -0.3 is 9.52 Å². The number of aryl methyl sites for hydroxylation is 1. The molecule has 96 valence electrons. The van der Waals surface area contributed by atoms with E-state index < -0.39 is 28.1 Å². The number of alkyl halides is 3. The number of aromatic hydroxyl groups is 1. The van der Waals surface area contributed by atoms with Crippen LogP contribution < -0.4 is 5.63 Å². The number of halogens is 4. The molecular formula is C11H6ClF3O3. The van der Waals surface area contributed by atoms with E-state index in [1.165, 1.54) is 6.92 Å². The molecule has 0 amide bonds. The van der Waals surface area contributed by atoms with Crippen LogP contribution in [0, 0.1) is 6.92 Å². The Morgan fingerprint density at radius 1 is 1.33 bits per heavy atom. The van der Waals surface area contributed by atoms with Crippen LogP contribution in [-0.2, 0) is 6.18 Å². The van der Waals surface area contributed by atoms with Gasteiger partial charge in [0, 0.05) is 11.5 Å². The summed E-state index contributed by atoms with van der Waals surface area (Å²) in [6.45, 7) is 1.45. The molecule has 3 nitrogen and oxygen atoms in total. The lowest BCUT2D eigenvalue weighted by Gasteiger charge is -2.12. The SMILES string of the molecule is Cc1cc(=O)oc2c(Cl)c(O)c(C(F)(F)F)cc12. The molecule has 18 heavy (non-hydrogen) atoms. The van der Waals surface area contributed by atoms with Gasteiger partial charge in [-0.2, -0.15) is 13.2 Å². The standard InChI is InChI=1S/C11H6ClF3O3/c1-4-2-7(16)18-10-5(4)3-6(11(13,14)15)9(17)8(10)12/h2-3,17H,1H3. The summed E-state index contributed by atoms with van der Waals surface area (Å²) in [7, 11) is 0. The van der Waals surface area contributed by atoms with Crippen molar-refractivity contribution < 1.29 is 22.7 Å². The third-order valence-electron chi connectivity index (χ3n) is 2.46. The Hall–Kier alpha value is -1.69. The van der Waals surface area contributed by atoms with E-state index in [2.05, 4.69) is 0 Å². The number of fused-ring (bicyclic) bond motifs is 1. The van der Waals surface area contributed by atoms with Crippen molar-refractivity contribution in [3.05, 3.63) is 38.7 Å². The Morgan fingerprint density at radius 2 is 1.94 bits per heavy atom. The molecule has 7 heteroatoms. The van der Waals surface area contributed by atoms with Crippen molar-refractivity contribution in [2.24, 2.45) is 0 Å². The van der Waals surface area contributed by atoms with Crippen LogP contribution in [0.4, 0.5) is 13.2 Å². The molecule has 1 heterocycles. The second-order valence-corrected chi connectivity index (χ2v) is 4.09. The summed E-state index contributed by atoms with van der Waals surface area (Å²) in [5, 5.41) is 8.81. The van der Waals surface area contributed by atoms with Crippen molar-refractivity contribution in [3.8, 4) is 5.75 Å². The van der Waals surface area contributed by atoms with Crippen LogP contribution in [0.25, 0.3) is 11.0 Å². The zero-order valence-corrected chi connectivity index (χ0v) is 9.69. The van der Waals surface area contributed by atoms with Crippen LogP contribution >= 0.6 is 11.6 Å². The largest absolute Gasteiger partial charge is 0.506 e. The lowest BCUT2D eigenvalue weighted by atomic mass is 10.1. The fraction of sp³-hybridized carbons (Fsp3) is 0.182. The van der Waals surface area contributed by atoms with Gasteiger partial charge in [0.1, 0.15) is 10.8 Å². The first-order chi connectivity index (χ1) is 8.21. The highest BCUT2D eigenvalue weighted by atomic mass is 35.5. The van der Waals surface area contributed by atoms with Gasteiger partial charge in [-0.15, -0.1) is 0 Å². The van der Waals surface area contributed by atoms with Crippen molar-refractivity contribution in [1.82, 2.24) is 0 Å². The first-order valence-corrected chi connectivity index (χ1v) is 5.12. The first kappa shape index (κ1) is 12.8. The Labute approximate surface area is 103 Å². The van der Waals surface area contributed by atoms with Crippen molar-refractivity contribution in [1.29, 1.82) is 0 Å². The highest BCUT2D eigenvalue weighted by molar-refractivity contribution is 6.36. The van der Waals surface area contributed by atoms with Crippen LogP contribution in [0.3, 0.4) is 0 Å². The average Bonchev–Trinajstić information content (AvgIpc) is 2.22. The number of benzene rings is 1. The predicted molar refractivity (Wildman–Crippen MR) is 58.9 cm³/mol. The summed E-state index contributed by atoms with van der Waals surface area (Å²) in [5.74, 6) is -1.15. The minimum atomic E-state index is -4.75. The van der Waals surface area contributed by atoms with E-state index in [4.69, 9.17) is 16.0 Å². The van der Waals surface area contributed by atoms with Crippen LogP contribution in [0.1, 0.15) is 11.1 Å². The van der Waals surface area contributed by atoms with E-state index in [9.17, 15) is 23.1 Å². The first-order valence-electron chi connectivity index (χ1n) is 4.75. The Kier molecular flexibility index (Phi) is 2.77. The van der Waals surface area contributed by atoms with Gasteiger partial charge in [-0.05, 0) is 18.6 Å². The highest BCUT2D eigenvalue weighted by Crippen LogP contribution is 2.43. The maximum Gasteiger partial charge on any atom is 0.420 e. The molecule has 0 radical (unpaired) electrons. The zero-order valence-electron chi connectivity index (χ0n) is 8.93. The highest BCUT2D eigenvalue weighted by Gasteiger charge is 2.36. The summed E-state index contributed by atoms with van der Waals surface area (Å²) in [4.78, 5) is 11.1. The van der Waals surface area contributed by atoms with Crippen LogP contribution in [0.2, 0.25) is 5.02 Å². The number of phenolic OH excluding ortho intramolecular Hbond substituents is 1. The smallest absolute Gasteiger partial charge is 0.420 e. The van der Waals surface area contributed by atoms with Gasteiger partial charge in [0.2, 0.25) is 0 Å². The van der Waals surface area contributed by atoms with Gasteiger partial charge in [-0.1, -0.05) is 11.6 Å². The molecule has 1 aromatic carbocycles. The molecule has 0 aliphatic carbocycles. The molecule has 0 unspecified atom stereocenters. The summed E-state index contributed by atoms with van der Waals surface area (Å²) < 4.78 is 42.7. The molecule has 1 N–H and O–H groups in total. The monoisotopic (exact) mass is 278 g/mol. The van der Waals surface area contributed by atoms with Gasteiger partial charge >= 0.3 is 11.8 Å². The van der Waals surface area contributed by atoms with Crippen LogP contribution in [0.15, 0.2) is 21.3 Å². The molecule has 0 saturated heterocycles. The van der Waals surface area contributed by atoms with Crippen molar-refractivity contribution in [2.75, 3.05) is 0 Å². The van der Waals surface area contributed by atoms with Crippen LogP contribution in [-0.4, -0.2) is 5.11 Å². The Bertz CT molecular complexity index is 688. The molecule has 1 aromatic heterocycles. The maximum atomic E-state index is 12.7. The van der Waals surface area contributed by atoms with E-state index in [0.717, 1.165) is 6.07 Å². The second-order valence-electron chi connectivity index (χ2n) is 3.71. The van der Waals surface area contributed by atoms with Crippen molar-refractivity contribution in [3.63, 3.8) is 0 Å². The molecule has 2 aromatic rings. The number of hydrogen-bond donors (Lipinski definition) is 1. The second kappa shape index (κ2) is 3.91. The normalized spacial score (nSPS) is 12.1. The summed E-state index contributed by atoms with van der Waals surface area (Å²) >= 11 is 5.60. The van der Waals surface area contributed by atoms with Crippen molar-refractivity contribution in [2.45, 2.75) is 13.1 Å². The maximum absolute atomic E-state index is 12.7. The van der Waals surface area contributed by atoms with E-state index in [-0.39, 0.29) is 16.5 Å². The average molecular weight is 279 g/mol. The van der Waals surface area contributed by atoms with E-state index in [1.807, 2.05) is 0 Å². The lowest BCUT2D eigenvalue weighted by molar-refractivity contribution is -0.138. The fourth-order valence-corrected chi connectivity index (χ4v) is 1.86. The lowest BCUT2D eigenvalue weighted by Crippen LogP contribution is -2.07. The van der Waals surface area contributed by atoms with Gasteiger partial charge in [0.15, 0.2) is 5.58 Å². The quantitative estimate of drug-likeness (QED) is 0.751. The van der Waals surface area contributed by atoms with E-state index in [1.54, 1.807) is 0 Å². The molecule has 0 bridgehead atoms. The molecule has 0 aliphatic rings. The van der Waals surface area contributed by atoms with E-state index in [0.29, 0.717) is 6.07 Å². The van der Waals surface area contributed by atoms with E-state index >= 15 is 0 Å². The van der Waals surface area contributed by atoms with Crippen molar-refractivity contribution >= 4 is 22.6 Å². The molecule has 2 rings (SSSR count). The zero-order chi connectivity index (χ0) is 13.7. The molecular weight excluding hydrogens is 273 g/mol. The van der Waals surface area contributed by atoms with Crippen LogP contribution in [0.5, 0.6) is 5.75 Å². The topological polar surface area (TPSA) is 50.4 Å². The summed E-state index contributed by atoms with van der Waals surface area (Å²) in [6, 6.07) is 1.75. The third-order valence-corrected chi connectivity index (χ3v) is 2.81. The summed E-state index contributed by atoms with van der Waals surface area (Å²) in [6.07, 6.45) is -4.75. The third kappa shape index (κ3) is 1.92. The Balaban J connectivity index is 2.97. The molecule has 0 fully saturated rings. The Morgan fingerprint density at radius 3 is 2.50 bits per heavy atom. The molecule has 0 aliphatic heterocycles. The molecule has 0 saturated carbocycles. The number of rotatable bonds is 0. The molecule has 0 atom stereocenters. The van der Waals surface area contributed by atoms with Gasteiger partial charge in [-0.25, -0.2) is 4.79 Å². The summed E-state index contributed by atoms with van der Waals surface area (Å²) in [5.41, 5.74) is -1.99. The number of phenols is 1. The minimum absolute atomic E-state index is 0.0322. The minimum Gasteiger partial charge on any atom is -0.506 e. The van der Waals surface area contributed by atoms with Gasteiger partial charge in [0.25, 0.3) is 0 Å². The fourth-order valence-electron chi connectivity index (χ4n) is 1.62. The van der Waals surface area contributed by atoms with Gasteiger partial charge in [-0.3, -0.25) is 0 Å². The predicted octanol–water partition coefficient (Wildman–Crippen LogP) is 3.48. The van der Waals surface area contributed by atoms with Gasteiger partial charge in [0.05, 0.1) is 5.56 Å². The molecule has 0 spiro atoms.